The highest BCUT2D eigenvalue weighted by Crippen LogP contribution is 2.28. The van der Waals surface area contributed by atoms with Crippen molar-refractivity contribution in [3.05, 3.63) is 77.1 Å². The molecule has 0 atom stereocenters. The fraction of sp³-hybridized carbons (Fsp3) is 0.296. The Labute approximate surface area is 220 Å². The topological polar surface area (TPSA) is 95.3 Å². The number of hydrogen-bond acceptors (Lipinski definition) is 6. The molecule has 0 aliphatic rings. The fourth-order valence-corrected chi connectivity index (χ4v) is 4.33. The number of aliphatic hydroxyl groups excluding tert-OH is 1. The minimum Gasteiger partial charge on any atom is -0.396 e. The maximum atomic E-state index is 13.6. The standard InChI is InChI=1S/C27H30ClFN6O2/c1-3-34(4-2)11-10-30-27(37)22-16-35(15-18(22)9-12-36)20-6-8-25-21(14-20)26(32-17-31-25)33-19-5-7-24(29)23(28)13-19/h5-8,13-17,36H,3-4,9-12H2,1-2H3,(H,30,37)(H,31,32,33). The summed E-state index contributed by atoms with van der Waals surface area (Å²) in [6.07, 6.45) is 5.44. The number of carbonyl (C=O) groups is 1. The number of likely N-dealkylation sites (N-methyl/N-ethyl adjacent to an activating group) is 1. The molecule has 2 aromatic heterocycles. The first-order chi connectivity index (χ1) is 17.9. The van der Waals surface area contributed by atoms with Crippen LogP contribution in [-0.2, 0) is 6.42 Å². The molecule has 4 aromatic rings. The Bertz CT molecular complexity index is 1390. The van der Waals surface area contributed by atoms with Crippen LogP contribution >= 0.6 is 11.6 Å². The number of halogens is 2. The van der Waals surface area contributed by atoms with Gasteiger partial charge in [0.1, 0.15) is 18.0 Å². The SMILES string of the molecule is CCN(CC)CCNC(=O)c1cn(-c2ccc3ncnc(Nc4ccc(F)c(Cl)c4)c3c2)cc1CCO. The van der Waals surface area contributed by atoms with Crippen LogP contribution in [0, 0.1) is 5.82 Å². The lowest BCUT2D eigenvalue weighted by atomic mass is 10.1. The van der Waals surface area contributed by atoms with E-state index in [2.05, 4.69) is 39.3 Å². The minimum atomic E-state index is -0.499. The predicted octanol–water partition coefficient (Wildman–Crippen LogP) is 4.56. The van der Waals surface area contributed by atoms with E-state index in [1.165, 1.54) is 18.5 Å². The van der Waals surface area contributed by atoms with Crippen molar-refractivity contribution in [1.29, 1.82) is 0 Å². The highest BCUT2D eigenvalue weighted by atomic mass is 35.5. The van der Waals surface area contributed by atoms with E-state index < -0.39 is 5.82 Å². The number of carbonyl (C=O) groups excluding carboxylic acids is 1. The van der Waals surface area contributed by atoms with Gasteiger partial charge in [-0.05, 0) is 61.5 Å². The van der Waals surface area contributed by atoms with Gasteiger partial charge in [0.15, 0.2) is 0 Å². The summed E-state index contributed by atoms with van der Waals surface area (Å²) in [7, 11) is 0. The van der Waals surface area contributed by atoms with Crippen molar-refractivity contribution < 1.29 is 14.3 Å². The average molecular weight is 525 g/mol. The van der Waals surface area contributed by atoms with Crippen LogP contribution in [0.15, 0.2) is 55.1 Å². The van der Waals surface area contributed by atoms with Crippen LogP contribution in [0.3, 0.4) is 0 Å². The number of anilines is 2. The predicted molar refractivity (Wildman–Crippen MR) is 144 cm³/mol. The Morgan fingerprint density at radius 1 is 1.14 bits per heavy atom. The number of benzene rings is 2. The fourth-order valence-electron chi connectivity index (χ4n) is 4.15. The van der Waals surface area contributed by atoms with Crippen LogP contribution in [0.4, 0.5) is 15.9 Å². The van der Waals surface area contributed by atoms with Crippen LogP contribution < -0.4 is 10.6 Å². The largest absolute Gasteiger partial charge is 0.396 e. The van der Waals surface area contributed by atoms with Crippen molar-refractivity contribution in [2.24, 2.45) is 0 Å². The van der Waals surface area contributed by atoms with Crippen LogP contribution in [-0.4, -0.2) is 63.2 Å². The van der Waals surface area contributed by atoms with Crippen LogP contribution in [0.5, 0.6) is 0 Å². The van der Waals surface area contributed by atoms with Crippen LogP contribution in [0.2, 0.25) is 5.02 Å². The molecular weight excluding hydrogens is 495 g/mol. The normalized spacial score (nSPS) is 11.3. The summed E-state index contributed by atoms with van der Waals surface area (Å²) in [4.78, 5) is 23.9. The number of amides is 1. The first-order valence-corrected chi connectivity index (χ1v) is 12.6. The molecule has 0 saturated heterocycles. The lowest BCUT2D eigenvalue weighted by Gasteiger charge is -2.17. The lowest BCUT2D eigenvalue weighted by Crippen LogP contribution is -2.35. The van der Waals surface area contributed by atoms with Gasteiger partial charge in [0, 0.05) is 48.9 Å². The summed E-state index contributed by atoms with van der Waals surface area (Å²) in [5, 5.41) is 16.5. The minimum absolute atomic E-state index is 0.00991. The van der Waals surface area contributed by atoms with Crippen molar-refractivity contribution in [2.75, 3.05) is 38.1 Å². The van der Waals surface area contributed by atoms with E-state index >= 15 is 0 Å². The average Bonchev–Trinajstić information content (AvgIpc) is 3.33. The molecule has 0 aliphatic heterocycles. The van der Waals surface area contributed by atoms with Gasteiger partial charge in [-0.3, -0.25) is 4.79 Å². The number of aliphatic hydroxyl groups is 1. The third-order valence-corrected chi connectivity index (χ3v) is 6.53. The molecule has 4 rings (SSSR count). The Hall–Kier alpha value is -3.53. The first kappa shape index (κ1) is 26.5. The van der Waals surface area contributed by atoms with E-state index in [1.54, 1.807) is 12.3 Å². The lowest BCUT2D eigenvalue weighted by molar-refractivity contribution is 0.0948. The number of nitrogens with zero attached hydrogens (tertiary/aromatic N) is 4. The number of rotatable bonds is 11. The molecule has 37 heavy (non-hydrogen) atoms. The molecule has 0 bridgehead atoms. The summed E-state index contributed by atoms with van der Waals surface area (Å²) in [5.74, 6) is -0.137. The zero-order chi connectivity index (χ0) is 26.4. The number of nitrogens with one attached hydrogen (secondary N) is 2. The zero-order valence-corrected chi connectivity index (χ0v) is 21.6. The van der Waals surface area contributed by atoms with E-state index in [4.69, 9.17) is 11.6 Å². The van der Waals surface area contributed by atoms with E-state index in [9.17, 15) is 14.3 Å². The summed E-state index contributed by atoms with van der Waals surface area (Å²) < 4.78 is 15.4. The Morgan fingerprint density at radius 3 is 2.68 bits per heavy atom. The van der Waals surface area contributed by atoms with Crippen molar-refractivity contribution in [1.82, 2.24) is 24.8 Å². The van der Waals surface area contributed by atoms with Gasteiger partial charge in [0.2, 0.25) is 0 Å². The third-order valence-electron chi connectivity index (χ3n) is 6.24. The van der Waals surface area contributed by atoms with Gasteiger partial charge in [0.25, 0.3) is 5.91 Å². The van der Waals surface area contributed by atoms with Gasteiger partial charge in [0.05, 0.1) is 16.1 Å². The molecule has 0 radical (unpaired) electrons. The molecule has 0 spiro atoms. The molecule has 0 unspecified atom stereocenters. The highest BCUT2D eigenvalue weighted by Gasteiger charge is 2.16. The van der Waals surface area contributed by atoms with Crippen molar-refractivity contribution >= 4 is 39.9 Å². The maximum absolute atomic E-state index is 13.6. The molecule has 0 aliphatic carbocycles. The second-order valence-electron chi connectivity index (χ2n) is 8.54. The summed E-state index contributed by atoms with van der Waals surface area (Å²) in [6, 6.07) is 10.0. The second-order valence-corrected chi connectivity index (χ2v) is 8.95. The number of aromatic nitrogens is 3. The van der Waals surface area contributed by atoms with Crippen LogP contribution in [0.1, 0.15) is 29.8 Å². The van der Waals surface area contributed by atoms with Gasteiger partial charge in [-0.15, -0.1) is 0 Å². The molecule has 194 valence electrons. The summed E-state index contributed by atoms with van der Waals surface area (Å²) in [6.45, 7) is 7.28. The van der Waals surface area contributed by atoms with E-state index in [0.717, 1.165) is 36.3 Å². The second kappa shape index (κ2) is 12.1. The zero-order valence-electron chi connectivity index (χ0n) is 20.8. The van der Waals surface area contributed by atoms with E-state index in [-0.39, 0.29) is 17.5 Å². The van der Waals surface area contributed by atoms with Crippen LogP contribution in [0.25, 0.3) is 16.6 Å². The molecule has 1 amide bonds. The monoisotopic (exact) mass is 524 g/mol. The van der Waals surface area contributed by atoms with Gasteiger partial charge >= 0.3 is 0 Å². The Kier molecular flexibility index (Phi) is 8.70. The molecule has 8 nitrogen and oxygen atoms in total. The summed E-state index contributed by atoms with van der Waals surface area (Å²) in [5.41, 5.74) is 3.38. The van der Waals surface area contributed by atoms with Gasteiger partial charge in [-0.1, -0.05) is 25.4 Å². The molecule has 3 N–H and O–H groups in total. The number of hydrogen-bond donors (Lipinski definition) is 3. The molecule has 0 fully saturated rings. The van der Waals surface area contributed by atoms with Gasteiger partial charge in [-0.25, -0.2) is 14.4 Å². The molecule has 10 heteroatoms. The third kappa shape index (κ3) is 6.25. The quantitative estimate of drug-likeness (QED) is 0.266. The van der Waals surface area contributed by atoms with Gasteiger partial charge < -0.3 is 25.2 Å². The first-order valence-electron chi connectivity index (χ1n) is 12.2. The Morgan fingerprint density at radius 2 is 1.95 bits per heavy atom. The van der Waals surface area contributed by atoms with E-state index in [0.29, 0.717) is 35.6 Å². The molecular formula is C27H30ClFN6O2. The summed E-state index contributed by atoms with van der Waals surface area (Å²) >= 11 is 5.93. The molecule has 2 aromatic carbocycles. The molecule has 2 heterocycles. The highest BCUT2D eigenvalue weighted by molar-refractivity contribution is 6.31. The Balaban J connectivity index is 1.62. The molecule has 0 saturated carbocycles. The van der Waals surface area contributed by atoms with Crippen molar-refractivity contribution in [3.63, 3.8) is 0 Å². The van der Waals surface area contributed by atoms with Crippen molar-refractivity contribution in [2.45, 2.75) is 20.3 Å². The van der Waals surface area contributed by atoms with Crippen molar-refractivity contribution in [3.8, 4) is 5.69 Å². The smallest absolute Gasteiger partial charge is 0.253 e. The van der Waals surface area contributed by atoms with Gasteiger partial charge in [-0.2, -0.15) is 0 Å². The maximum Gasteiger partial charge on any atom is 0.253 e. The number of fused-ring (bicyclic) bond motifs is 1. The van der Waals surface area contributed by atoms with E-state index in [1.807, 2.05) is 29.0 Å².